The highest BCUT2D eigenvalue weighted by molar-refractivity contribution is 7.54. The summed E-state index contributed by atoms with van der Waals surface area (Å²) >= 11 is 0. The fourth-order valence-electron chi connectivity index (χ4n) is 7.14. The first kappa shape index (κ1) is 33.4. The number of nitrogens with zero attached hydrogens (tertiary/aromatic N) is 2. The first-order chi connectivity index (χ1) is 24.2. The second-order valence-electron chi connectivity index (χ2n) is 12.8. The predicted octanol–water partition coefficient (Wildman–Crippen LogP) is 8.28. The number of likely N-dealkylation sites (tertiary alicyclic amines) is 1. The minimum Gasteiger partial charge on any atom is -0.339 e. The Bertz CT molecular complexity index is 2320. The maximum absolute atomic E-state index is 14.7. The van der Waals surface area contributed by atoms with Crippen molar-refractivity contribution < 1.29 is 28.4 Å². The molecule has 2 atom stereocenters. The third-order valence-electron chi connectivity index (χ3n) is 9.95. The van der Waals surface area contributed by atoms with Crippen LogP contribution in [-0.4, -0.2) is 65.6 Å². The van der Waals surface area contributed by atoms with Crippen molar-refractivity contribution in [2.75, 3.05) is 27.2 Å². The average Bonchev–Trinajstić information content (AvgIpc) is 3.16. The zero-order valence-corrected chi connectivity index (χ0v) is 28.8. The largest absolute Gasteiger partial charge is 0.343 e. The normalized spacial score (nSPS) is 15.5. The van der Waals surface area contributed by atoms with Crippen LogP contribution >= 0.6 is 7.60 Å². The molecular weight excluding hydrogens is 647 g/mol. The van der Waals surface area contributed by atoms with Gasteiger partial charge in [0.05, 0.1) is 5.56 Å². The number of rotatable bonds is 8. The van der Waals surface area contributed by atoms with Gasteiger partial charge in [0.2, 0.25) is 0 Å². The molecule has 6 aromatic carbocycles. The Balaban J connectivity index is 1.19. The van der Waals surface area contributed by atoms with Crippen LogP contribution in [0, 0.1) is 0 Å². The van der Waals surface area contributed by atoms with E-state index in [9.17, 15) is 23.8 Å². The Morgan fingerprint density at radius 1 is 0.740 bits per heavy atom. The van der Waals surface area contributed by atoms with E-state index in [1.165, 1.54) is 0 Å². The number of benzene rings is 6. The summed E-state index contributed by atoms with van der Waals surface area (Å²) in [7, 11) is -1.73. The zero-order chi connectivity index (χ0) is 35.0. The van der Waals surface area contributed by atoms with Crippen molar-refractivity contribution in [2.45, 2.75) is 24.5 Å². The number of carbonyl (C=O) groups is 3. The number of Topliss-reactive ketones (excluding diaryl/α,β-unsaturated/α-hetero) is 1. The van der Waals surface area contributed by atoms with E-state index in [-0.39, 0.29) is 29.0 Å². The Morgan fingerprint density at radius 3 is 1.96 bits per heavy atom. The molecule has 1 fully saturated rings. The van der Waals surface area contributed by atoms with Gasteiger partial charge in [0.25, 0.3) is 11.8 Å². The van der Waals surface area contributed by atoms with Gasteiger partial charge >= 0.3 is 7.60 Å². The van der Waals surface area contributed by atoms with E-state index < -0.39 is 19.0 Å². The molecule has 0 bridgehead atoms. The molecule has 1 aliphatic rings. The van der Waals surface area contributed by atoms with Gasteiger partial charge in [-0.05, 0) is 75.0 Å². The van der Waals surface area contributed by atoms with Gasteiger partial charge in [-0.15, -0.1) is 0 Å². The van der Waals surface area contributed by atoms with Crippen molar-refractivity contribution >= 4 is 57.5 Å². The smallest absolute Gasteiger partial charge is 0.339 e. The lowest BCUT2D eigenvalue weighted by atomic mass is 9.91. The van der Waals surface area contributed by atoms with Crippen LogP contribution in [0.3, 0.4) is 0 Å². The fraction of sp³-hybridized carbons (Fsp3) is 0.195. The summed E-state index contributed by atoms with van der Waals surface area (Å²) in [5.74, 6) is -1.09. The van der Waals surface area contributed by atoms with Gasteiger partial charge in [0.1, 0.15) is 5.66 Å². The summed E-state index contributed by atoms with van der Waals surface area (Å²) < 4.78 is 18.8. The van der Waals surface area contributed by atoms with Crippen LogP contribution in [0.4, 0.5) is 0 Å². The molecule has 0 aromatic heterocycles. The quantitative estimate of drug-likeness (QED) is 0.128. The molecular formula is C41H37N2O6P. The maximum atomic E-state index is 14.7. The number of ketones is 1. The Labute approximate surface area is 290 Å². The maximum Gasteiger partial charge on any atom is 0.343 e. The molecule has 2 amide bonds. The molecule has 50 heavy (non-hydrogen) atoms. The molecule has 8 nitrogen and oxygen atoms in total. The summed E-state index contributed by atoms with van der Waals surface area (Å²) in [5.41, 5.74) is -0.394. The van der Waals surface area contributed by atoms with Gasteiger partial charge < -0.3 is 19.2 Å². The van der Waals surface area contributed by atoms with E-state index in [0.717, 1.165) is 34.0 Å². The molecule has 1 heterocycles. The van der Waals surface area contributed by atoms with E-state index in [4.69, 9.17) is 4.52 Å². The van der Waals surface area contributed by atoms with Crippen molar-refractivity contribution in [3.8, 4) is 0 Å². The number of hydrogen-bond donors (Lipinski definition) is 1. The van der Waals surface area contributed by atoms with Gasteiger partial charge in [-0.1, -0.05) is 97.1 Å². The van der Waals surface area contributed by atoms with E-state index in [0.29, 0.717) is 42.4 Å². The average molecular weight is 685 g/mol. The highest BCUT2D eigenvalue weighted by Gasteiger charge is 2.42. The Morgan fingerprint density at radius 2 is 1.30 bits per heavy atom. The van der Waals surface area contributed by atoms with Crippen molar-refractivity contribution in [3.63, 3.8) is 0 Å². The minimum atomic E-state index is -4.56. The molecule has 0 radical (unpaired) electrons. The molecule has 7 rings (SSSR count). The molecule has 1 aliphatic heterocycles. The summed E-state index contributed by atoms with van der Waals surface area (Å²) in [4.78, 5) is 57.1. The second-order valence-corrected chi connectivity index (χ2v) is 14.8. The van der Waals surface area contributed by atoms with Crippen LogP contribution < -0.4 is 0 Å². The first-order valence-corrected chi connectivity index (χ1v) is 18.3. The molecule has 1 saturated heterocycles. The van der Waals surface area contributed by atoms with Crippen LogP contribution in [0.15, 0.2) is 121 Å². The minimum absolute atomic E-state index is 0.0448. The van der Waals surface area contributed by atoms with Crippen molar-refractivity contribution in [1.82, 2.24) is 9.80 Å². The number of piperidine rings is 1. The summed E-state index contributed by atoms with van der Waals surface area (Å²) in [5, 5.41) is 5.01. The van der Waals surface area contributed by atoms with Gasteiger partial charge in [0.15, 0.2) is 5.78 Å². The van der Waals surface area contributed by atoms with Crippen LogP contribution in [0.25, 0.3) is 32.3 Å². The topological polar surface area (TPSA) is 104 Å². The molecule has 0 aliphatic carbocycles. The highest BCUT2D eigenvalue weighted by Crippen LogP contribution is 2.58. The lowest BCUT2D eigenvalue weighted by Gasteiger charge is -2.37. The van der Waals surface area contributed by atoms with E-state index in [2.05, 4.69) is 0 Å². The lowest BCUT2D eigenvalue weighted by molar-refractivity contribution is 0.0567. The third kappa shape index (κ3) is 6.22. The summed E-state index contributed by atoms with van der Waals surface area (Å²) in [6.45, 7) is 0.949. The Kier molecular flexibility index (Phi) is 9.10. The molecule has 0 spiro atoms. The summed E-state index contributed by atoms with van der Waals surface area (Å²) in [6.07, 6.45) is 1.12. The van der Waals surface area contributed by atoms with Gasteiger partial charge in [-0.3, -0.25) is 18.9 Å². The zero-order valence-electron chi connectivity index (χ0n) is 27.9. The predicted molar refractivity (Wildman–Crippen MR) is 197 cm³/mol. The van der Waals surface area contributed by atoms with Crippen LogP contribution in [-0.2, 0) is 9.09 Å². The number of carbonyl (C=O) groups excluding carboxylic acids is 3. The second kappa shape index (κ2) is 13.6. The number of hydrogen-bond acceptors (Lipinski definition) is 5. The third-order valence-corrected chi connectivity index (χ3v) is 11.6. The first-order valence-electron chi connectivity index (χ1n) is 16.6. The summed E-state index contributed by atoms with van der Waals surface area (Å²) in [6, 6.07) is 36.8. The van der Waals surface area contributed by atoms with Gasteiger partial charge in [-0.25, -0.2) is 0 Å². The van der Waals surface area contributed by atoms with Crippen LogP contribution in [0.2, 0.25) is 0 Å². The fourth-order valence-corrected chi connectivity index (χ4v) is 8.37. The number of fused-ring (bicyclic) bond motifs is 3. The molecule has 252 valence electrons. The molecule has 9 heteroatoms. The highest BCUT2D eigenvalue weighted by atomic mass is 31.2. The van der Waals surface area contributed by atoms with Crippen LogP contribution in [0.5, 0.6) is 0 Å². The van der Waals surface area contributed by atoms with Crippen molar-refractivity contribution in [3.05, 3.63) is 144 Å². The van der Waals surface area contributed by atoms with Crippen molar-refractivity contribution in [1.29, 1.82) is 0 Å². The standard InChI is InChI=1S/C41H37N2O6P/c1-42(33-20-22-43(23-21-33)40(45)32-19-18-27-10-3-4-12-29(27)24-32)41(46)37-26-31-14-6-5-13-30(31)25-36(37)38(44)39(50(47,48)49-2)35-17-9-15-28-11-7-8-16-34(28)35/h3-19,24-26,33,39H,20-23H2,1-2H3,(H,47,48). The lowest BCUT2D eigenvalue weighted by Crippen LogP contribution is -2.47. The molecule has 2 unspecified atom stereocenters. The van der Waals surface area contributed by atoms with Gasteiger partial charge in [-0.2, -0.15) is 0 Å². The van der Waals surface area contributed by atoms with Gasteiger partial charge in [0, 0.05) is 44.4 Å². The SMILES string of the molecule is COP(=O)(O)C(C(=O)c1cc2ccccc2cc1C(=O)N(C)C1CCN(C(=O)c2ccc3ccccc3c2)CC1)c1cccc2ccccc12. The molecule has 0 saturated carbocycles. The van der Waals surface area contributed by atoms with E-state index in [1.807, 2.05) is 95.9 Å². The molecule has 1 N–H and O–H groups in total. The Hall–Kier alpha value is -5.14. The van der Waals surface area contributed by atoms with Crippen LogP contribution in [0.1, 0.15) is 55.1 Å². The number of amides is 2. The van der Waals surface area contributed by atoms with Crippen molar-refractivity contribution in [2.24, 2.45) is 0 Å². The van der Waals surface area contributed by atoms with E-state index >= 15 is 0 Å². The molecule has 6 aromatic rings. The monoisotopic (exact) mass is 684 g/mol. The van der Waals surface area contributed by atoms with E-state index in [1.54, 1.807) is 42.3 Å².